The first kappa shape index (κ1) is 10.1. The van der Waals surface area contributed by atoms with E-state index in [1.54, 1.807) is 6.20 Å². The van der Waals surface area contributed by atoms with Crippen LogP contribution in [0.3, 0.4) is 0 Å². The molecule has 2 rings (SSSR count). The zero-order valence-corrected chi connectivity index (χ0v) is 8.27. The summed E-state index contributed by atoms with van der Waals surface area (Å²) in [4.78, 5) is 11.6. The predicted octanol–water partition coefficient (Wildman–Crippen LogP) is -1.00. The van der Waals surface area contributed by atoms with E-state index in [4.69, 9.17) is 10.5 Å². The molecule has 1 fully saturated rings. The standard InChI is InChI=1S/C9H14N4O2/c10-8-5-15-4-7(8)9(14)11-3-6-1-2-12-13-6/h1-2,7-8H,3-5,10H2,(H,11,14)(H,12,13). The van der Waals surface area contributed by atoms with Crippen molar-refractivity contribution in [2.75, 3.05) is 13.2 Å². The molecule has 2 heterocycles. The number of nitrogens with zero attached hydrogens (tertiary/aromatic N) is 1. The number of hydrogen-bond donors (Lipinski definition) is 3. The van der Waals surface area contributed by atoms with Crippen molar-refractivity contribution < 1.29 is 9.53 Å². The topological polar surface area (TPSA) is 93.0 Å². The molecule has 1 amide bonds. The Morgan fingerprint density at radius 1 is 1.73 bits per heavy atom. The minimum Gasteiger partial charge on any atom is -0.379 e. The molecule has 0 aromatic carbocycles. The smallest absolute Gasteiger partial charge is 0.227 e. The van der Waals surface area contributed by atoms with Gasteiger partial charge < -0.3 is 15.8 Å². The number of aromatic amines is 1. The maximum atomic E-state index is 11.6. The summed E-state index contributed by atoms with van der Waals surface area (Å²) in [5.41, 5.74) is 6.59. The number of carbonyl (C=O) groups is 1. The van der Waals surface area contributed by atoms with Gasteiger partial charge in [0.05, 0.1) is 31.4 Å². The van der Waals surface area contributed by atoms with Gasteiger partial charge in [-0.25, -0.2) is 0 Å². The Morgan fingerprint density at radius 2 is 2.60 bits per heavy atom. The van der Waals surface area contributed by atoms with Crippen LogP contribution in [0.2, 0.25) is 0 Å². The first-order valence-corrected chi connectivity index (χ1v) is 4.86. The molecule has 0 bridgehead atoms. The lowest BCUT2D eigenvalue weighted by atomic mass is 10.0. The first-order chi connectivity index (χ1) is 7.27. The number of amides is 1. The highest BCUT2D eigenvalue weighted by Crippen LogP contribution is 2.11. The van der Waals surface area contributed by atoms with Gasteiger partial charge in [-0.05, 0) is 6.07 Å². The van der Waals surface area contributed by atoms with Gasteiger partial charge in [-0.2, -0.15) is 5.10 Å². The number of aromatic nitrogens is 2. The number of nitrogens with two attached hydrogens (primary N) is 1. The second-order valence-electron chi connectivity index (χ2n) is 3.61. The van der Waals surface area contributed by atoms with E-state index in [2.05, 4.69) is 15.5 Å². The highest BCUT2D eigenvalue weighted by Gasteiger charge is 2.30. The Bertz CT molecular complexity index is 325. The van der Waals surface area contributed by atoms with Crippen LogP contribution in [0.15, 0.2) is 12.3 Å². The average molecular weight is 210 g/mol. The highest BCUT2D eigenvalue weighted by molar-refractivity contribution is 5.79. The number of ether oxygens (including phenoxy) is 1. The van der Waals surface area contributed by atoms with Crippen LogP contribution in [0, 0.1) is 5.92 Å². The molecule has 0 saturated carbocycles. The van der Waals surface area contributed by atoms with Crippen LogP contribution in [-0.4, -0.2) is 35.4 Å². The van der Waals surface area contributed by atoms with Gasteiger partial charge in [0.1, 0.15) is 0 Å². The fraction of sp³-hybridized carbons (Fsp3) is 0.556. The molecule has 2 unspecified atom stereocenters. The molecular weight excluding hydrogens is 196 g/mol. The molecule has 1 aliphatic heterocycles. The molecule has 82 valence electrons. The van der Waals surface area contributed by atoms with Crippen LogP contribution < -0.4 is 11.1 Å². The molecule has 4 N–H and O–H groups in total. The Balaban J connectivity index is 1.82. The van der Waals surface area contributed by atoms with Crippen molar-refractivity contribution in [3.63, 3.8) is 0 Å². The molecule has 1 saturated heterocycles. The Kier molecular flexibility index (Phi) is 2.98. The minimum atomic E-state index is -0.229. The lowest BCUT2D eigenvalue weighted by Gasteiger charge is -2.12. The van der Waals surface area contributed by atoms with Crippen LogP contribution in [0.1, 0.15) is 5.69 Å². The quantitative estimate of drug-likeness (QED) is 0.596. The monoisotopic (exact) mass is 210 g/mol. The van der Waals surface area contributed by atoms with Crippen LogP contribution in [-0.2, 0) is 16.1 Å². The molecule has 6 nitrogen and oxygen atoms in total. The van der Waals surface area contributed by atoms with E-state index in [0.29, 0.717) is 19.8 Å². The van der Waals surface area contributed by atoms with Gasteiger partial charge in [0.15, 0.2) is 0 Å². The molecule has 0 aliphatic carbocycles. The van der Waals surface area contributed by atoms with Crippen molar-refractivity contribution in [3.05, 3.63) is 18.0 Å². The SMILES string of the molecule is NC1COCC1C(=O)NCc1ccn[nH]1. The summed E-state index contributed by atoms with van der Waals surface area (Å²) >= 11 is 0. The third-order valence-corrected chi connectivity index (χ3v) is 2.47. The van der Waals surface area contributed by atoms with E-state index in [0.717, 1.165) is 5.69 Å². The normalized spacial score (nSPS) is 25.4. The molecule has 0 radical (unpaired) electrons. The maximum absolute atomic E-state index is 11.6. The lowest BCUT2D eigenvalue weighted by Crippen LogP contribution is -2.40. The van der Waals surface area contributed by atoms with Gasteiger partial charge >= 0.3 is 0 Å². The highest BCUT2D eigenvalue weighted by atomic mass is 16.5. The number of rotatable bonds is 3. The first-order valence-electron chi connectivity index (χ1n) is 4.86. The summed E-state index contributed by atoms with van der Waals surface area (Å²) in [7, 11) is 0. The van der Waals surface area contributed by atoms with E-state index < -0.39 is 0 Å². The number of hydrogen-bond acceptors (Lipinski definition) is 4. The second kappa shape index (κ2) is 4.41. The van der Waals surface area contributed by atoms with Gasteiger partial charge in [0.2, 0.25) is 5.91 Å². The van der Waals surface area contributed by atoms with Crippen LogP contribution in [0.5, 0.6) is 0 Å². The Hall–Kier alpha value is -1.40. The second-order valence-corrected chi connectivity index (χ2v) is 3.61. The van der Waals surface area contributed by atoms with E-state index in [9.17, 15) is 4.79 Å². The van der Waals surface area contributed by atoms with Gasteiger partial charge in [0.25, 0.3) is 0 Å². The zero-order valence-electron chi connectivity index (χ0n) is 8.27. The molecule has 0 spiro atoms. The molecule has 2 atom stereocenters. The third kappa shape index (κ3) is 2.34. The molecule has 1 aromatic rings. The van der Waals surface area contributed by atoms with Crippen molar-refractivity contribution in [2.45, 2.75) is 12.6 Å². The van der Waals surface area contributed by atoms with Crippen molar-refractivity contribution in [3.8, 4) is 0 Å². The summed E-state index contributed by atoms with van der Waals surface area (Å²) < 4.78 is 5.12. The van der Waals surface area contributed by atoms with Gasteiger partial charge in [0, 0.05) is 12.2 Å². The number of carbonyl (C=O) groups excluding carboxylic acids is 1. The predicted molar refractivity (Wildman–Crippen MR) is 52.7 cm³/mol. The lowest BCUT2D eigenvalue weighted by molar-refractivity contribution is -0.125. The van der Waals surface area contributed by atoms with Crippen molar-refractivity contribution in [2.24, 2.45) is 11.7 Å². The molecule has 6 heteroatoms. The summed E-state index contributed by atoms with van der Waals surface area (Å²) in [5.74, 6) is -0.289. The van der Waals surface area contributed by atoms with Crippen LogP contribution >= 0.6 is 0 Å². The molecule has 1 aliphatic rings. The number of H-pyrrole nitrogens is 1. The van der Waals surface area contributed by atoms with E-state index in [1.807, 2.05) is 6.07 Å². The van der Waals surface area contributed by atoms with Crippen molar-refractivity contribution in [1.82, 2.24) is 15.5 Å². The number of nitrogens with one attached hydrogen (secondary N) is 2. The van der Waals surface area contributed by atoms with Gasteiger partial charge in [-0.15, -0.1) is 0 Å². The largest absolute Gasteiger partial charge is 0.379 e. The Morgan fingerprint density at radius 3 is 3.20 bits per heavy atom. The van der Waals surface area contributed by atoms with Crippen LogP contribution in [0.4, 0.5) is 0 Å². The van der Waals surface area contributed by atoms with Gasteiger partial charge in [-0.1, -0.05) is 0 Å². The van der Waals surface area contributed by atoms with Crippen LogP contribution in [0.25, 0.3) is 0 Å². The maximum Gasteiger partial charge on any atom is 0.227 e. The molecule has 15 heavy (non-hydrogen) atoms. The minimum absolute atomic E-state index is 0.0606. The third-order valence-electron chi connectivity index (χ3n) is 2.47. The molecular formula is C9H14N4O2. The zero-order chi connectivity index (χ0) is 10.7. The van der Waals surface area contributed by atoms with E-state index >= 15 is 0 Å². The van der Waals surface area contributed by atoms with E-state index in [-0.39, 0.29) is 17.9 Å². The summed E-state index contributed by atoms with van der Waals surface area (Å²) in [6, 6.07) is 1.62. The fourth-order valence-electron chi connectivity index (χ4n) is 1.54. The fourth-order valence-corrected chi connectivity index (χ4v) is 1.54. The van der Waals surface area contributed by atoms with Gasteiger partial charge in [-0.3, -0.25) is 9.89 Å². The van der Waals surface area contributed by atoms with Crippen molar-refractivity contribution in [1.29, 1.82) is 0 Å². The summed E-state index contributed by atoms with van der Waals surface area (Å²) in [5, 5.41) is 9.34. The summed E-state index contributed by atoms with van der Waals surface area (Å²) in [6.07, 6.45) is 1.64. The average Bonchev–Trinajstić information content (AvgIpc) is 2.84. The summed E-state index contributed by atoms with van der Waals surface area (Å²) in [6.45, 7) is 1.32. The Labute approximate surface area is 87.2 Å². The van der Waals surface area contributed by atoms with Crippen molar-refractivity contribution >= 4 is 5.91 Å². The molecule has 1 aromatic heterocycles. The van der Waals surface area contributed by atoms with E-state index in [1.165, 1.54) is 0 Å².